The lowest BCUT2D eigenvalue weighted by atomic mass is 10.1. The van der Waals surface area contributed by atoms with Crippen LogP contribution in [0.1, 0.15) is 29.6 Å². The Labute approximate surface area is 139 Å². The zero-order valence-electron chi connectivity index (χ0n) is 12.6. The Kier molecular flexibility index (Phi) is 7.81. The van der Waals surface area contributed by atoms with Crippen molar-refractivity contribution in [3.8, 4) is 0 Å². The fourth-order valence-corrected chi connectivity index (χ4v) is 2.46. The van der Waals surface area contributed by atoms with Crippen molar-refractivity contribution >= 4 is 18.3 Å². The summed E-state index contributed by atoms with van der Waals surface area (Å²) < 4.78 is 45.8. The standard InChI is InChI=1S/C15H19F3N2O2.ClH/c16-10-8-12(17)14(13(18)9-10)15(21)20-5-2-11(3-6-20)22-7-1-4-19;/h8-9,11H,1-7,19H2;1H. The molecule has 0 saturated carbocycles. The summed E-state index contributed by atoms with van der Waals surface area (Å²) in [5, 5.41) is 0. The van der Waals surface area contributed by atoms with E-state index in [4.69, 9.17) is 10.5 Å². The van der Waals surface area contributed by atoms with Crippen LogP contribution in [0.2, 0.25) is 0 Å². The van der Waals surface area contributed by atoms with E-state index in [1.54, 1.807) is 0 Å². The largest absolute Gasteiger partial charge is 0.378 e. The van der Waals surface area contributed by atoms with Gasteiger partial charge in [-0.25, -0.2) is 13.2 Å². The number of carbonyl (C=O) groups is 1. The van der Waals surface area contributed by atoms with Gasteiger partial charge in [-0.15, -0.1) is 12.4 Å². The second-order valence-corrected chi connectivity index (χ2v) is 5.25. The minimum Gasteiger partial charge on any atom is -0.378 e. The summed E-state index contributed by atoms with van der Waals surface area (Å²) in [6.45, 7) is 1.82. The molecule has 1 aromatic rings. The monoisotopic (exact) mass is 352 g/mol. The van der Waals surface area contributed by atoms with Gasteiger partial charge in [0.25, 0.3) is 5.91 Å². The Bertz CT molecular complexity index is 514. The number of ether oxygens (including phenoxy) is 1. The minimum atomic E-state index is -1.18. The molecule has 1 aromatic carbocycles. The third-order valence-corrected chi connectivity index (χ3v) is 3.65. The van der Waals surface area contributed by atoms with Crippen LogP contribution in [0.15, 0.2) is 12.1 Å². The quantitative estimate of drug-likeness (QED) is 0.828. The molecule has 8 heteroatoms. The number of likely N-dealkylation sites (tertiary alicyclic amines) is 1. The maximum atomic E-state index is 13.6. The first kappa shape index (κ1) is 19.7. The number of piperidine rings is 1. The molecule has 1 saturated heterocycles. The third kappa shape index (κ3) is 5.09. The van der Waals surface area contributed by atoms with Crippen LogP contribution >= 0.6 is 12.4 Å². The Morgan fingerprint density at radius 2 is 1.78 bits per heavy atom. The number of hydrogen-bond donors (Lipinski definition) is 1. The van der Waals surface area contributed by atoms with Crippen molar-refractivity contribution in [3.05, 3.63) is 35.1 Å². The average molecular weight is 353 g/mol. The first-order valence-corrected chi connectivity index (χ1v) is 7.28. The molecule has 0 aliphatic carbocycles. The molecule has 2 N–H and O–H groups in total. The predicted octanol–water partition coefficient (Wildman–Crippen LogP) is 2.50. The maximum Gasteiger partial charge on any atom is 0.259 e. The summed E-state index contributed by atoms with van der Waals surface area (Å²) in [6, 6.07) is 1.03. The Hall–Kier alpha value is -1.31. The Morgan fingerprint density at radius 1 is 1.22 bits per heavy atom. The van der Waals surface area contributed by atoms with Gasteiger partial charge in [0.1, 0.15) is 23.0 Å². The van der Waals surface area contributed by atoms with Crippen molar-refractivity contribution in [2.24, 2.45) is 5.73 Å². The number of nitrogens with two attached hydrogens (primary N) is 1. The van der Waals surface area contributed by atoms with Crippen molar-refractivity contribution in [1.82, 2.24) is 4.90 Å². The van der Waals surface area contributed by atoms with Gasteiger partial charge in [-0.2, -0.15) is 0 Å². The van der Waals surface area contributed by atoms with E-state index in [0.29, 0.717) is 51.2 Å². The lowest BCUT2D eigenvalue weighted by molar-refractivity contribution is 0.00822. The van der Waals surface area contributed by atoms with Crippen LogP contribution < -0.4 is 5.73 Å². The predicted molar refractivity (Wildman–Crippen MR) is 82.1 cm³/mol. The van der Waals surface area contributed by atoms with E-state index in [0.717, 1.165) is 6.42 Å². The molecule has 0 atom stereocenters. The molecule has 0 bridgehead atoms. The van der Waals surface area contributed by atoms with Gasteiger partial charge in [0.2, 0.25) is 0 Å². The Balaban J connectivity index is 0.00000264. The molecule has 1 amide bonds. The maximum absolute atomic E-state index is 13.6. The summed E-state index contributed by atoms with van der Waals surface area (Å²) in [4.78, 5) is 13.5. The number of benzene rings is 1. The molecule has 0 unspecified atom stereocenters. The Morgan fingerprint density at radius 3 is 2.30 bits per heavy atom. The van der Waals surface area contributed by atoms with Crippen LogP contribution in [-0.4, -0.2) is 43.2 Å². The molecule has 1 heterocycles. The summed E-state index contributed by atoms with van der Waals surface area (Å²) >= 11 is 0. The fourth-order valence-electron chi connectivity index (χ4n) is 2.46. The highest BCUT2D eigenvalue weighted by molar-refractivity contribution is 5.94. The molecule has 1 aliphatic rings. The van der Waals surface area contributed by atoms with Gasteiger partial charge < -0.3 is 15.4 Å². The number of rotatable bonds is 5. The van der Waals surface area contributed by atoms with Crippen LogP contribution in [0.3, 0.4) is 0 Å². The van der Waals surface area contributed by atoms with Crippen LogP contribution in [0, 0.1) is 17.5 Å². The molecule has 2 rings (SSSR count). The molecule has 0 radical (unpaired) electrons. The van der Waals surface area contributed by atoms with Gasteiger partial charge in [-0.1, -0.05) is 0 Å². The minimum absolute atomic E-state index is 0. The number of amides is 1. The molecular formula is C15H20ClF3N2O2. The normalized spacial score (nSPS) is 15.4. The molecule has 1 aliphatic heterocycles. The van der Waals surface area contributed by atoms with Gasteiger partial charge in [-0.3, -0.25) is 4.79 Å². The highest BCUT2D eigenvalue weighted by Gasteiger charge is 2.28. The fraction of sp³-hybridized carbons (Fsp3) is 0.533. The lowest BCUT2D eigenvalue weighted by Crippen LogP contribution is -2.41. The van der Waals surface area contributed by atoms with Gasteiger partial charge >= 0.3 is 0 Å². The van der Waals surface area contributed by atoms with Crippen molar-refractivity contribution in [1.29, 1.82) is 0 Å². The summed E-state index contributed by atoms with van der Waals surface area (Å²) in [6.07, 6.45) is 1.99. The van der Waals surface area contributed by atoms with Crippen LogP contribution in [0.5, 0.6) is 0 Å². The van der Waals surface area contributed by atoms with E-state index in [1.807, 2.05) is 0 Å². The molecule has 1 fully saturated rings. The second-order valence-electron chi connectivity index (χ2n) is 5.25. The smallest absolute Gasteiger partial charge is 0.259 e. The van der Waals surface area contributed by atoms with Crippen molar-refractivity contribution < 1.29 is 22.7 Å². The van der Waals surface area contributed by atoms with E-state index in [2.05, 4.69) is 0 Å². The third-order valence-electron chi connectivity index (χ3n) is 3.65. The molecule has 4 nitrogen and oxygen atoms in total. The van der Waals surface area contributed by atoms with Gasteiger partial charge in [0, 0.05) is 31.8 Å². The van der Waals surface area contributed by atoms with E-state index in [9.17, 15) is 18.0 Å². The van der Waals surface area contributed by atoms with Gasteiger partial charge in [-0.05, 0) is 25.8 Å². The molecule has 0 spiro atoms. The first-order chi connectivity index (χ1) is 10.5. The molecule has 130 valence electrons. The van der Waals surface area contributed by atoms with Gasteiger partial charge in [0.15, 0.2) is 0 Å². The highest BCUT2D eigenvalue weighted by atomic mass is 35.5. The van der Waals surface area contributed by atoms with Crippen molar-refractivity contribution in [3.63, 3.8) is 0 Å². The highest BCUT2D eigenvalue weighted by Crippen LogP contribution is 2.20. The van der Waals surface area contributed by atoms with E-state index >= 15 is 0 Å². The zero-order valence-corrected chi connectivity index (χ0v) is 13.4. The number of hydrogen-bond acceptors (Lipinski definition) is 3. The zero-order chi connectivity index (χ0) is 16.1. The van der Waals surface area contributed by atoms with E-state index in [-0.39, 0.29) is 18.5 Å². The van der Waals surface area contributed by atoms with Crippen molar-refractivity contribution in [2.45, 2.75) is 25.4 Å². The molecular weight excluding hydrogens is 333 g/mol. The van der Waals surface area contributed by atoms with E-state index in [1.165, 1.54) is 4.90 Å². The van der Waals surface area contributed by atoms with Crippen LogP contribution in [0.25, 0.3) is 0 Å². The van der Waals surface area contributed by atoms with E-state index < -0.39 is 28.9 Å². The molecule has 0 aromatic heterocycles. The summed E-state index contributed by atoms with van der Waals surface area (Å²) in [7, 11) is 0. The summed E-state index contributed by atoms with van der Waals surface area (Å²) in [5.74, 6) is -4.15. The van der Waals surface area contributed by atoms with Crippen molar-refractivity contribution in [2.75, 3.05) is 26.2 Å². The number of carbonyl (C=O) groups excluding carboxylic acids is 1. The van der Waals surface area contributed by atoms with Crippen LogP contribution in [-0.2, 0) is 4.74 Å². The van der Waals surface area contributed by atoms with Gasteiger partial charge in [0.05, 0.1) is 6.10 Å². The lowest BCUT2D eigenvalue weighted by Gasteiger charge is -2.32. The topological polar surface area (TPSA) is 55.6 Å². The summed E-state index contributed by atoms with van der Waals surface area (Å²) in [5.41, 5.74) is 4.67. The van der Waals surface area contributed by atoms with Crippen LogP contribution in [0.4, 0.5) is 13.2 Å². The second kappa shape index (κ2) is 9.10. The number of nitrogens with zero attached hydrogens (tertiary/aromatic N) is 1. The molecule has 23 heavy (non-hydrogen) atoms. The number of halogens is 4. The SMILES string of the molecule is Cl.NCCCOC1CCN(C(=O)c2c(F)cc(F)cc2F)CC1. The average Bonchev–Trinajstić information content (AvgIpc) is 2.47. The first-order valence-electron chi connectivity index (χ1n) is 7.28.